The van der Waals surface area contributed by atoms with Crippen LogP contribution in [0.3, 0.4) is 0 Å². The van der Waals surface area contributed by atoms with Crippen LogP contribution in [-0.2, 0) is 5.60 Å². The largest absolute Gasteiger partial charge is 0.497 e. The van der Waals surface area contributed by atoms with Gasteiger partial charge in [-0.2, -0.15) is 0 Å². The van der Waals surface area contributed by atoms with Gasteiger partial charge in [-0.25, -0.2) is 0 Å². The Morgan fingerprint density at radius 3 is 2.02 bits per heavy atom. The van der Waals surface area contributed by atoms with Crippen LogP contribution in [0.25, 0.3) is 53.9 Å². The van der Waals surface area contributed by atoms with Gasteiger partial charge in [-0.3, -0.25) is 4.79 Å². The first kappa shape index (κ1) is 27.4. The molecule has 8 aromatic carbocycles. The zero-order valence-corrected chi connectivity index (χ0v) is 25.5. The third-order valence-electron chi connectivity index (χ3n) is 9.57. The second kappa shape index (κ2) is 10.2. The molecule has 0 heterocycles. The lowest BCUT2D eigenvalue weighted by Crippen LogP contribution is -2.31. The first-order valence-electron chi connectivity index (χ1n) is 15.5. The highest BCUT2D eigenvalue weighted by Gasteiger charge is 2.40. The molecule has 222 valence electrons. The molecule has 0 aliphatic heterocycles. The summed E-state index contributed by atoms with van der Waals surface area (Å²) in [6.07, 6.45) is 1.89. The number of ether oxygens (including phenoxy) is 2. The number of hydrogen-bond donors (Lipinski definition) is 2. The minimum Gasteiger partial charge on any atom is -0.497 e. The van der Waals surface area contributed by atoms with Crippen molar-refractivity contribution in [2.45, 2.75) is 25.4 Å². The number of carbonyl (C=O) groups is 1. The van der Waals surface area contributed by atoms with E-state index in [4.69, 9.17) is 9.47 Å². The van der Waals surface area contributed by atoms with E-state index < -0.39 is 5.60 Å². The summed E-state index contributed by atoms with van der Waals surface area (Å²) in [5.41, 5.74) is 0.668. The number of carbonyl (C=O) groups excluding carboxylic acids is 1. The summed E-state index contributed by atoms with van der Waals surface area (Å²) in [7, 11) is 3.21. The van der Waals surface area contributed by atoms with Gasteiger partial charge >= 0.3 is 0 Å². The molecule has 0 aliphatic carbocycles. The Bertz CT molecular complexity index is 2320. The van der Waals surface area contributed by atoms with Crippen molar-refractivity contribution in [1.29, 1.82) is 0 Å². The van der Waals surface area contributed by atoms with E-state index in [1.165, 1.54) is 37.7 Å². The molecule has 1 atom stereocenters. The Labute approximate surface area is 261 Å². The molecule has 0 bridgehead atoms. The van der Waals surface area contributed by atoms with E-state index in [0.717, 1.165) is 34.6 Å². The number of amides is 1. The molecule has 0 saturated carbocycles. The van der Waals surface area contributed by atoms with Crippen LogP contribution in [0.1, 0.15) is 46.8 Å². The number of methoxy groups -OCH3 is 2. The fraction of sp³-hybridized carbons (Fsp3) is 0.175. The van der Waals surface area contributed by atoms with Crippen molar-refractivity contribution in [3.8, 4) is 11.5 Å². The third kappa shape index (κ3) is 3.87. The fourth-order valence-corrected chi connectivity index (χ4v) is 7.39. The number of benzene rings is 7. The molecule has 8 aromatic rings. The summed E-state index contributed by atoms with van der Waals surface area (Å²) in [5.74, 6) is 0.941. The average molecular weight is 592 g/mol. The number of rotatable bonds is 9. The van der Waals surface area contributed by atoms with Crippen LogP contribution in [0, 0.1) is 0 Å². The summed E-state index contributed by atoms with van der Waals surface area (Å²) in [6, 6.07) is 32.3. The molecule has 0 aliphatic rings. The Balaban J connectivity index is 1.47. The van der Waals surface area contributed by atoms with Crippen LogP contribution in [0.4, 0.5) is 0 Å². The predicted octanol–water partition coefficient (Wildman–Crippen LogP) is 8.60. The zero-order valence-electron chi connectivity index (χ0n) is 25.5. The maximum atomic E-state index is 13.4. The molecule has 1 amide bonds. The maximum Gasteiger partial charge on any atom is 0.251 e. The van der Waals surface area contributed by atoms with Gasteiger partial charge in [0, 0.05) is 29.3 Å². The smallest absolute Gasteiger partial charge is 0.251 e. The van der Waals surface area contributed by atoms with Crippen molar-refractivity contribution < 1.29 is 19.4 Å². The molecule has 1 unspecified atom stereocenters. The van der Waals surface area contributed by atoms with Gasteiger partial charge in [0.1, 0.15) is 17.1 Å². The molecule has 0 saturated heterocycles. The molecule has 0 fully saturated rings. The van der Waals surface area contributed by atoms with Crippen LogP contribution in [0.2, 0.25) is 0 Å². The fourth-order valence-electron chi connectivity index (χ4n) is 7.39. The van der Waals surface area contributed by atoms with Crippen LogP contribution in [0.15, 0.2) is 97.1 Å². The van der Waals surface area contributed by atoms with E-state index in [-0.39, 0.29) is 5.91 Å². The Morgan fingerprint density at radius 1 is 0.711 bits per heavy atom. The first-order chi connectivity index (χ1) is 22.0. The minimum atomic E-state index is -1.68. The Hall–Kier alpha value is -5.13. The summed E-state index contributed by atoms with van der Waals surface area (Å²) in [6.45, 7) is 2.69. The van der Waals surface area contributed by atoms with Crippen molar-refractivity contribution >= 4 is 59.8 Å². The van der Waals surface area contributed by atoms with E-state index in [1.54, 1.807) is 32.4 Å². The Morgan fingerprint density at radius 2 is 1.36 bits per heavy atom. The van der Waals surface area contributed by atoms with E-state index in [1.807, 2.05) is 24.3 Å². The molecule has 45 heavy (non-hydrogen) atoms. The summed E-state index contributed by atoms with van der Waals surface area (Å²) in [4.78, 5) is 13.2. The van der Waals surface area contributed by atoms with Crippen molar-refractivity contribution in [2.75, 3.05) is 20.8 Å². The second-order valence-electron chi connectivity index (χ2n) is 12.0. The van der Waals surface area contributed by atoms with Gasteiger partial charge in [0.05, 0.1) is 14.2 Å². The highest BCUT2D eigenvalue weighted by Crippen LogP contribution is 2.52. The molecule has 8 rings (SSSR count). The van der Waals surface area contributed by atoms with Crippen molar-refractivity contribution in [1.82, 2.24) is 5.32 Å². The average Bonchev–Trinajstić information content (AvgIpc) is 3.46. The SMILES string of the molecule is CCCCNC(=O)c1cccc(C(O)(c2ccc(OC)cc2OC)c2cc3ccc4ccc5ccc6ccc2c2c6c5c4c32)c1. The molecule has 0 spiro atoms. The van der Waals surface area contributed by atoms with Crippen molar-refractivity contribution in [3.05, 3.63) is 119 Å². The summed E-state index contributed by atoms with van der Waals surface area (Å²) >= 11 is 0. The molecule has 5 nitrogen and oxygen atoms in total. The van der Waals surface area contributed by atoms with Gasteiger partial charge in [0.2, 0.25) is 0 Å². The van der Waals surface area contributed by atoms with E-state index >= 15 is 0 Å². The maximum absolute atomic E-state index is 13.4. The molecule has 0 aromatic heterocycles. The van der Waals surface area contributed by atoms with Gasteiger partial charge in [-0.1, -0.05) is 74.0 Å². The number of aliphatic hydroxyl groups is 1. The van der Waals surface area contributed by atoms with Crippen LogP contribution in [-0.4, -0.2) is 31.8 Å². The third-order valence-corrected chi connectivity index (χ3v) is 9.57. The van der Waals surface area contributed by atoms with E-state index in [9.17, 15) is 9.90 Å². The molecular weight excluding hydrogens is 558 g/mol. The monoisotopic (exact) mass is 591 g/mol. The molecule has 5 heteroatoms. The Kier molecular flexibility index (Phi) is 6.23. The van der Waals surface area contributed by atoms with Gasteiger partial charge < -0.3 is 19.9 Å². The predicted molar refractivity (Wildman–Crippen MR) is 183 cm³/mol. The topological polar surface area (TPSA) is 67.8 Å². The lowest BCUT2D eigenvalue weighted by atomic mass is 9.76. The minimum absolute atomic E-state index is 0.165. The van der Waals surface area contributed by atoms with Crippen LogP contribution in [0.5, 0.6) is 11.5 Å². The van der Waals surface area contributed by atoms with Gasteiger partial charge in [-0.05, 0) is 96.2 Å². The molecular formula is C40H33NO4. The van der Waals surface area contributed by atoms with Crippen LogP contribution < -0.4 is 14.8 Å². The zero-order chi connectivity index (χ0) is 30.9. The highest BCUT2D eigenvalue weighted by atomic mass is 16.5. The first-order valence-corrected chi connectivity index (χ1v) is 15.5. The highest BCUT2D eigenvalue weighted by molar-refractivity contribution is 6.44. The van der Waals surface area contributed by atoms with Crippen LogP contribution >= 0.6 is 0 Å². The summed E-state index contributed by atoms with van der Waals surface area (Å²) < 4.78 is 11.4. The lowest BCUT2D eigenvalue weighted by molar-refractivity contribution is 0.0952. The summed E-state index contributed by atoms with van der Waals surface area (Å²) in [5, 5.41) is 28.2. The normalized spacial score (nSPS) is 13.4. The number of unbranched alkanes of at least 4 members (excludes halogenated alkanes) is 1. The molecule has 0 radical (unpaired) electrons. The van der Waals surface area contributed by atoms with E-state index in [2.05, 4.69) is 66.8 Å². The standard InChI is InChI=1S/C40H33NO4/c1-4-5-19-41-39(42)27-7-6-8-28(20-27)40(43,31-18-16-29(44-2)22-33(31)45-3)32-21-26-14-13-24-10-9-23-11-12-25-15-17-30(32)38-36(25)34(23)35(24)37(26)38/h6-18,20-22,43H,4-5,19H2,1-3H3,(H,41,42). The second-order valence-corrected chi connectivity index (χ2v) is 12.0. The van der Waals surface area contributed by atoms with Crippen molar-refractivity contribution in [3.63, 3.8) is 0 Å². The number of hydrogen-bond acceptors (Lipinski definition) is 4. The van der Waals surface area contributed by atoms with Crippen molar-refractivity contribution in [2.24, 2.45) is 0 Å². The van der Waals surface area contributed by atoms with Gasteiger partial charge in [0.25, 0.3) is 5.91 Å². The molecule has 2 N–H and O–H groups in total. The number of nitrogens with one attached hydrogen (secondary N) is 1. The van der Waals surface area contributed by atoms with Gasteiger partial charge in [0.15, 0.2) is 0 Å². The van der Waals surface area contributed by atoms with E-state index in [0.29, 0.717) is 34.7 Å². The quantitative estimate of drug-likeness (QED) is 0.100. The van der Waals surface area contributed by atoms with Gasteiger partial charge in [-0.15, -0.1) is 0 Å². The lowest BCUT2D eigenvalue weighted by Gasteiger charge is -2.33.